The zero-order chi connectivity index (χ0) is 25.1. The second-order valence-corrected chi connectivity index (χ2v) is 8.95. The maximum atomic E-state index is 12.5. The minimum absolute atomic E-state index is 0.0472. The molecule has 4 aromatic rings. The van der Waals surface area contributed by atoms with Crippen LogP contribution in [-0.4, -0.2) is 23.3 Å². The summed E-state index contributed by atoms with van der Waals surface area (Å²) in [7, 11) is 0. The van der Waals surface area contributed by atoms with E-state index in [4.69, 9.17) is 13.6 Å². The molecule has 0 saturated heterocycles. The Balaban J connectivity index is 1.30. The van der Waals surface area contributed by atoms with Crippen LogP contribution in [0, 0.1) is 6.92 Å². The molecule has 0 aliphatic carbocycles. The van der Waals surface area contributed by atoms with E-state index < -0.39 is 0 Å². The van der Waals surface area contributed by atoms with E-state index in [1.165, 1.54) is 11.1 Å². The number of amides is 2. The fourth-order valence-electron chi connectivity index (χ4n) is 4.53. The van der Waals surface area contributed by atoms with Gasteiger partial charge in [0.2, 0.25) is 5.91 Å². The van der Waals surface area contributed by atoms with Gasteiger partial charge in [-0.3, -0.25) is 9.59 Å². The second kappa shape index (κ2) is 10.2. The first-order valence-electron chi connectivity index (χ1n) is 12.0. The Bertz CT molecular complexity index is 1350. The van der Waals surface area contributed by atoms with Crippen molar-refractivity contribution >= 4 is 11.8 Å². The van der Waals surface area contributed by atoms with Crippen molar-refractivity contribution in [3.8, 4) is 5.75 Å². The van der Waals surface area contributed by atoms with E-state index in [1.54, 1.807) is 37.5 Å². The van der Waals surface area contributed by atoms with Gasteiger partial charge in [-0.2, -0.15) is 0 Å². The summed E-state index contributed by atoms with van der Waals surface area (Å²) in [6.45, 7) is 4.81. The summed E-state index contributed by atoms with van der Waals surface area (Å²) in [4.78, 5) is 26.7. The third-order valence-electron chi connectivity index (χ3n) is 6.41. The molecule has 0 bridgehead atoms. The van der Waals surface area contributed by atoms with Gasteiger partial charge in [-0.05, 0) is 66.4 Å². The van der Waals surface area contributed by atoms with E-state index >= 15 is 0 Å². The first kappa shape index (κ1) is 23.5. The number of aryl methyl sites for hydroxylation is 1. The van der Waals surface area contributed by atoms with Crippen molar-refractivity contribution in [3.63, 3.8) is 0 Å². The highest BCUT2D eigenvalue weighted by Crippen LogP contribution is 2.37. The third-order valence-corrected chi connectivity index (χ3v) is 6.41. The molecule has 36 heavy (non-hydrogen) atoms. The van der Waals surface area contributed by atoms with Crippen molar-refractivity contribution in [1.82, 2.24) is 10.2 Å². The van der Waals surface area contributed by atoms with Crippen molar-refractivity contribution in [2.45, 2.75) is 39.5 Å². The number of ether oxygens (including phenoxy) is 1. The molecule has 0 spiro atoms. The first-order chi connectivity index (χ1) is 17.5. The number of rotatable bonds is 7. The van der Waals surface area contributed by atoms with Gasteiger partial charge in [-0.1, -0.05) is 35.9 Å². The van der Waals surface area contributed by atoms with Crippen molar-refractivity contribution in [2.24, 2.45) is 0 Å². The van der Waals surface area contributed by atoms with Crippen LogP contribution in [0.15, 0.2) is 81.8 Å². The molecule has 7 nitrogen and oxygen atoms in total. The highest BCUT2D eigenvalue weighted by molar-refractivity contribution is 5.91. The smallest absolute Gasteiger partial charge is 0.287 e. The maximum absolute atomic E-state index is 12.5. The Morgan fingerprint density at radius 3 is 2.64 bits per heavy atom. The summed E-state index contributed by atoms with van der Waals surface area (Å²) in [6, 6.07) is 21.1. The highest BCUT2D eigenvalue weighted by atomic mass is 16.5. The van der Waals surface area contributed by atoms with Crippen molar-refractivity contribution in [1.29, 1.82) is 0 Å². The number of hydrogen-bond donors (Lipinski definition) is 1. The van der Waals surface area contributed by atoms with Crippen LogP contribution in [0.4, 0.5) is 0 Å². The number of hydrogen-bond acceptors (Lipinski definition) is 5. The minimum Gasteiger partial charge on any atom is -0.486 e. The van der Waals surface area contributed by atoms with E-state index in [1.807, 2.05) is 17.0 Å². The van der Waals surface area contributed by atoms with E-state index in [2.05, 4.69) is 42.6 Å². The van der Waals surface area contributed by atoms with Gasteiger partial charge in [0, 0.05) is 13.5 Å². The lowest BCUT2D eigenvalue weighted by molar-refractivity contribution is -0.130. The number of carbonyl (C=O) groups excluding carboxylic acids is 2. The van der Waals surface area contributed by atoms with Crippen molar-refractivity contribution < 1.29 is 23.2 Å². The summed E-state index contributed by atoms with van der Waals surface area (Å²) in [5.74, 6) is 1.82. The van der Waals surface area contributed by atoms with Crippen LogP contribution in [0.2, 0.25) is 0 Å². The number of nitrogens with zero attached hydrogens (tertiary/aromatic N) is 1. The standard InChI is InChI=1S/C29H28N2O5/c1-19-5-7-22(8-6-19)28-26-16-23(10-9-21(26)13-14-31(28)20(2)32)35-18-25-11-12-27(36-25)29(33)30-17-24-4-3-15-34-24/h3-12,15-16,28H,13-14,17-18H2,1-2H3,(H,30,33). The van der Waals surface area contributed by atoms with Gasteiger partial charge in [0.15, 0.2) is 5.76 Å². The lowest BCUT2D eigenvalue weighted by Crippen LogP contribution is -2.39. The molecule has 1 N–H and O–H groups in total. The van der Waals surface area contributed by atoms with Gasteiger partial charge in [0.25, 0.3) is 5.91 Å². The minimum atomic E-state index is -0.323. The molecule has 7 heteroatoms. The maximum Gasteiger partial charge on any atom is 0.287 e. The lowest BCUT2D eigenvalue weighted by Gasteiger charge is -2.37. The summed E-state index contributed by atoms with van der Waals surface area (Å²) < 4.78 is 16.9. The fourth-order valence-corrected chi connectivity index (χ4v) is 4.53. The Labute approximate surface area is 209 Å². The van der Waals surface area contributed by atoms with Crippen LogP contribution in [0.1, 0.15) is 57.3 Å². The van der Waals surface area contributed by atoms with Gasteiger partial charge in [-0.15, -0.1) is 0 Å². The molecule has 3 heterocycles. The highest BCUT2D eigenvalue weighted by Gasteiger charge is 2.30. The number of fused-ring (bicyclic) bond motifs is 1. The van der Waals surface area contributed by atoms with Crippen LogP contribution in [0.25, 0.3) is 0 Å². The van der Waals surface area contributed by atoms with Crippen LogP contribution >= 0.6 is 0 Å². The zero-order valence-corrected chi connectivity index (χ0v) is 20.3. The molecule has 0 radical (unpaired) electrons. The molecule has 0 fully saturated rings. The molecule has 184 valence electrons. The van der Waals surface area contributed by atoms with Gasteiger partial charge in [0.05, 0.1) is 18.8 Å². The Morgan fingerprint density at radius 2 is 1.89 bits per heavy atom. The third kappa shape index (κ3) is 5.05. The van der Waals surface area contributed by atoms with Gasteiger partial charge >= 0.3 is 0 Å². The van der Waals surface area contributed by atoms with Gasteiger partial charge in [0.1, 0.15) is 23.9 Å². The summed E-state index contributed by atoms with van der Waals surface area (Å²) >= 11 is 0. The summed E-state index contributed by atoms with van der Waals surface area (Å²) in [5.41, 5.74) is 4.52. The molecule has 2 aromatic heterocycles. The molecule has 1 aliphatic heterocycles. The van der Waals surface area contributed by atoms with Crippen LogP contribution in [-0.2, 0) is 24.4 Å². The summed E-state index contributed by atoms with van der Waals surface area (Å²) in [5, 5.41) is 2.76. The molecule has 2 aromatic carbocycles. The first-order valence-corrected chi connectivity index (χ1v) is 12.0. The topological polar surface area (TPSA) is 84.9 Å². The zero-order valence-electron chi connectivity index (χ0n) is 20.3. The van der Waals surface area contributed by atoms with E-state index in [0.717, 1.165) is 17.5 Å². The van der Waals surface area contributed by atoms with Gasteiger partial charge < -0.3 is 23.8 Å². The largest absolute Gasteiger partial charge is 0.486 e. The SMILES string of the molecule is CC(=O)N1CCc2ccc(OCc3ccc(C(=O)NCc4ccco4)o3)cc2C1c1ccc(C)cc1. The molecule has 1 unspecified atom stereocenters. The lowest BCUT2D eigenvalue weighted by atomic mass is 9.87. The number of furan rings is 2. The molecule has 0 saturated carbocycles. The van der Waals surface area contributed by atoms with E-state index in [0.29, 0.717) is 23.8 Å². The molecular weight excluding hydrogens is 456 g/mol. The number of nitrogens with one attached hydrogen (secondary N) is 1. The number of carbonyl (C=O) groups is 2. The second-order valence-electron chi connectivity index (χ2n) is 8.95. The van der Waals surface area contributed by atoms with Gasteiger partial charge in [-0.25, -0.2) is 0 Å². The Kier molecular flexibility index (Phi) is 6.62. The van der Waals surface area contributed by atoms with Crippen LogP contribution in [0.3, 0.4) is 0 Å². The molecule has 2 amide bonds. The molecule has 1 atom stereocenters. The molecular formula is C29H28N2O5. The normalized spacial score (nSPS) is 14.8. The predicted molar refractivity (Wildman–Crippen MR) is 133 cm³/mol. The van der Waals surface area contributed by atoms with Crippen molar-refractivity contribution in [3.05, 3.63) is 113 Å². The van der Waals surface area contributed by atoms with E-state index in [-0.39, 0.29) is 36.8 Å². The van der Waals surface area contributed by atoms with E-state index in [9.17, 15) is 9.59 Å². The Morgan fingerprint density at radius 1 is 1.06 bits per heavy atom. The molecule has 5 rings (SSSR count). The average Bonchev–Trinajstić information content (AvgIpc) is 3.58. The number of benzene rings is 2. The van der Waals surface area contributed by atoms with Crippen molar-refractivity contribution in [2.75, 3.05) is 6.54 Å². The average molecular weight is 485 g/mol. The van der Waals surface area contributed by atoms with Crippen LogP contribution < -0.4 is 10.1 Å². The predicted octanol–water partition coefficient (Wildman–Crippen LogP) is 5.18. The van der Waals surface area contributed by atoms with Crippen LogP contribution in [0.5, 0.6) is 5.75 Å². The summed E-state index contributed by atoms with van der Waals surface area (Å²) in [6.07, 6.45) is 2.36. The quantitative estimate of drug-likeness (QED) is 0.391. The fraction of sp³-hybridized carbons (Fsp3) is 0.241. The Hall–Kier alpha value is -4.26. The molecule has 1 aliphatic rings. The monoisotopic (exact) mass is 484 g/mol.